The van der Waals surface area contributed by atoms with Crippen LogP contribution in [0.4, 0.5) is 10.5 Å². The van der Waals surface area contributed by atoms with E-state index in [0.29, 0.717) is 11.3 Å². The van der Waals surface area contributed by atoms with E-state index in [2.05, 4.69) is 23.9 Å². The van der Waals surface area contributed by atoms with Crippen molar-refractivity contribution in [2.45, 2.75) is 111 Å². The number of hydrogen-bond donors (Lipinski definition) is 3. The predicted molar refractivity (Wildman–Crippen MR) is 201 cm³/mol. The molecule has 0 heterocycles. The van der Waals surface area contributed by atoms with E-state index in [1.807, 2.05) is 77.1 Å². The van der Waals surface area contributed by atoms with Gasteiger partial charge in [-0.05, 0) is 74.9 Å². The number of anilines is 1. The number of hydrogen-bond acceptors (Lipinski definition) is 7. The number of nitrogen functional groups attached to an aromatic ring is 1. The molecule has 0 aliphatic carbocycles. The van der Waals surface area contributed by atoms with Crippen LogP contribution in [-0.2, 0) is 24.5 Å². The largest absolute Gasteiger partial charge is 0.444 e. The molecule has 0 aliphatic rings. The molecule has 2 aromatic carbocycles. The Morgan fingerprint density at radius 2 is 1.43 bits per heavy atom. The lowest BCUT2D eigenvalue weighted by Crippen LogP contribution is -2.62. The van der Waals surface area contributed by atoms with Gasteiger partial charge in [-0.3, -0.25) is 24.0 Å². The summed E-state index contributed by atoms with van der Waals surface area (Å²) in [6.07, 6.45) is 2.26. The lowest BCUT2D eigenvalue weighted by molar-refractivity contribution is -0.140. The van der Waals surface area contributed by atoms with Gasteiger partial charge in [-0.2, -0.15) is 0 Å². The number of likely N-dealkylation sites (N-methyl/N-ethyl adjacent to an activating group) is 2. The summed E-state index contributed by atoms with van der Waals surface area (Å²) in [6, 6.07) is 14.6. The number of carbonyl (C=O) groups excluding carboxylic acids is 4. The van der Waals surface area contributed by atoms with E-state index in [0.717, 1.165) is 10.5 Å². The first-order chi connectivity index (χ1) is 22.6. The normalized spacial score (nSPS) is 13.2. The molecule has 49 heavy (non-hydrogen) atoms. The van der Waals surface area contributed by atoms with Crippen LogP contribution in [0.25, 0.3) is 0 Å². The summed E-state index contributed by atoms with van der Waals surface area (Å²) in [4.78, 5) is 57.6. The monoisotopic (exact) mass is 697 g/mol. The molecule has 2 unspecified atom stereocenters. The molecule has 272 valence electrons. The maximum absolute atomic E-state index is 14.2. The maximum atomic E-state index is 14.2. The number of nitrogens with two attached hydrogens (primary N) is 1. The van der Waals surface area contributed by atoms with E-state index >= 15 is 0 Å². The molecule has 0 saturated heterocycles. The molecule has 4 N–H and O–H groups in total. The van der Waals surface area contributed by atoms with Gasteiger partial charge in [0, 0.05) is 42.2 Å². The second kappa shape index (κ2) is 18.7. The highest BCUT2D eigenvalue weighted by Crippen LogP contribution is 2.32. The zero-order valence-electron chi connectivity index (χ0n) is 31.8. The highest BCUT2D eigenvalue weighted by Gasteiger charge is 2.45. The molecule has 0 saturated carbocycles. The summed E-state index contributed by atoms with van der Waals surface area (Å²) in [5, 5.41) is 2.97. The van der Waals surface area contributed by atoms with Crippen molar-refractivity contribution in [3.63, 3.8) is 0 Å². The quantitative estimate of drug-likeness (QED) is 0.131. The molecular weight excluding hydrogens is 639 g/mol. The van der Waals surface area contributed by atoms with Gasteiger partial charge in [0.15, 0.2) is 0 Å². The average molecular weight is 698 g/mol. The molecule has 2 aromatic rings. The van der Waals surface area contributed by atoms with Crippen LogP contribution in [0, 0.1) is 5.41 Å². The number of amides is 4. The Hall–Kier alpha value is -3.99. The smallest absolute Gasteiger partial charge is 0.410 e. The molecule has 2 rings (SSSR count). The standard InChI is InChI=1S/C35H51N5O5S.C3H8/c1-23(29(41)38-46-26-19-17-25(36)18-20-26)21-22-39(10)31(43)27(33(2,3)4)37-30(42)28(40(11)32(44)45-34(5,6)7)35(8,9)24-15-13-12-14-16-24;1-3-2/h12-21,27-28H,22,36H2,1-11H3,(H,37,42)(H,38,41);3H2,1-2H3/b23-21+;. The Bertz CT molecular complexity index is 1410. The fraction of sp³-hybridized carbons (Fsp3) is 0.526. The van der Waals surface area contributed by atoms with Crippen molar-refractivity contribution in [3.8, 4) is 0 Å². The van der Waals surface area contributed by atoms with Crippen molar-refractivity contribution in [3.05, 3.63) is 71.8 Å². The fourth-order valence-corrected chi connectivity index (χ4v) is 5.36. The maximum Gasteiger partial charge on any atom is 0.410 e. The summed E-state index contributed by atoms with van der Waals surface area (Å²) < 4.78 is 8.41. The molecule has 10 nitrogen and oxygen atoms in total. The molecule has 0 radical (unpaired) electrons. The van der Waals surface area contributed by atoms with Gasteiger partial charge in [-0.25, -0.2) is 4.79 Å². The third kappa shape index (κ3) is 13.8. The molecule has 0 fully saturated rings. The minimum Gasteiger partial charge on any atom is -0.444 e. The van der Waals surface area contributed by atoms with Crippen LogP contribution in [-0.4, -0.2) is 71.9 Å². The summed E-state index contributed by atoms with van der Waals surface area (Å²) in [7, 11) is 3.16. The van der Waals surface area contributed by atoms with Crippen molar-refractivity contribution in [2.75, 3.05) is 26.4 Å². The highest BCUT2D eigenvalue weighted by atomic mass is 32.2. The van der Waals surface area contributed by atoms with Crippen molar-refractivity contribution < 1.29 is 23.9 Å². The topological polar surface area (TPSA) is 134 Å². The molecular formula is C38H59N5O5S. The van der Waals surface area contributed by atoms with Crippen LogP contribution in [0.15, 0.2) is 71.1 Å². The number of nitrogens with zero attached hydrogens (tertiary/aromatic N) is 2. The number of benzene rings is 2. The Morgan fingerprint density at radius 1 is 0.898 bits per heavy atom. The van der Waals surface area contributed by atoms with E-state index in [1.165, 1.54) is 35.2 Å². The minimum atomic E-state index is -1.02. The Morgan fingerprint density at radius 3 is 1.92 bits per heavy atom. The van der Waals surface area contributed by atoms with Crippen molar-refractivity contribution >= 4 is 41.5 Å². The third-order valence-corrected chi connectivity index (χ3v) is 8.26. The zero-order chi connectivity index (χ0) is 37.7. The van der Waals surface area contributed by atoms with Crippen LogP contribution >= 0.6 is 11.9 Å². The summed E-state index contributed by atoms with van der Waals surface area (Å²) in [6.45, 7) is 20.7. The number of ether oxygens (including phenoxy) is 1. The van der Waals surface area contributed by atoms with Gasteiger partial charge in [-0.1, -0.05) is 91.3 Å². The van der Waals surface area contributed by atoms with Crippen molar-refractivity contribution in [1.29, 1.82) is 0 Å². The predicted octanol–water partition coefficient (Wildman–Crippen LogP) is 6.96. The SMILES string of the molecule is C/C(=C\CN(C)C(=O)C(NC(=O)C(N(C)C(=O)OC(C)(C)C)C(C)(C)c1ccccc1)C(C)(C)C)C(=O)NSc1ccc(N)cc1.CCC. The van der Waals surface area contributed by atoms with Gasteiger partial charge in [0.2, 0.25) is 11.8 Å². The first-order valence-electron chi connectivity index (χ1n) is 16.6. The lowest BCUT2D eigenvalue weighted by atomic mass is 9.76. The van der Waals surface area contributed by atoms with Gasteiger partial charge >= 0.3 is 6.09 Å². The summed E-state index contributed by atoms with van der Waals surface area (Å²) in [5.74, 6) is -1.12. The second-order valence-electron chi connectivity index (χ2n) is 14.8. The highest BCUT2D eigenvalue weighted by molar-refractivity contribution is 7.98. The Labute approximate surface area is 298 Å². The first-order valence-corrected chi connectivity index (χ1v) is 17.4. The molecule has 11 heteroatoms. The van der Waals surface area contributed by atoms with E-state index in [4.69, 9.17) is 10.5 Å². The van der Waals surface area contributed by atoms with Crippen molar-refractivity contribution in [1.82, 2.24) is 19.8 Å². The summed E-state index contributed by atoms with van der Waals surface area (Å²) >= 11 is 1.17. The van der Waals surface area contributed by atoms with Crippen molar-refractivity contribution in [2.24, 2.45) is 5.41 Å². The van der Waals surface area contributed by atoms with E-state index in [-0.39, 0.29) is 18.4 Å². The molecule has 0 aliphatic heterocycles. The molecule has 0 bridgehead atoms. The molecule has 2 atom stereocenters. The average Bonchev–Trinajstić information content (AvgIpc) is 3.00. The van der Waals surface area contributed by atoms with Crippen LogP contribution in [0.3, 0.4) is 0 Å². The van der Waals surface area contributed by atoms with Crippen LogP contribution in [0.1, 0.15) is 88.1 Å². The van der Waals surface area contributed by atoms with Gasteiger partial charge < -0.3 is 20.7 Å². The zero-order valence-corrected chi connectivity index (χ0v) is 32.6. The van der Waals surface area contributed by atoms with Crippen LogP contribution < -0.4 is 15.8 Å². The van der Waals surface area contributed by atoms with E-state index in [9.17, 15) is 19.2 Å². The molecule has 0 aromatic heterocycles. The minimum absolute atomic E-state index is 0.143. The van der Waals surface area contributed by atoms with Gasteiger partial charge in [0.25, 0.3) is 5.91 Å². The Balaban J connectivity index is 0.00000385. The second-order valence-corrected chi connectivity index (χ2v) is 15.7. The number of nitrogens with one attached hydrogen (secondary N) is 2. The fourth-order valence-electron chi connectivity index (χ4n) is 4.72. The summed E-state index contributed by atoms with van der Waals surface area (Å²) in [5.41, 5.74) is 5.32. The van der Waals surface area contributed by atoms with Gasteiger partial charge in [0.1, 0.15) is 17.7 Å². The van der Waals surface area contributed by atoms with E-state index < -0.39 is 40.5 Å². The molecule has 0 spiro atoms. The van der Waals surface area contributed by atoms with Crippen LogP contribution in [0.2, 0.25) is 0 Å². The first kappa shape index (κ1) is 43.0. The molecule has 4 amide bonds. The lowest BCUT2D eigenvalue weighted by Gasteiger charge is -2.42. The van der Waals surface area contributed by atoms with Crippen LogP contribution in [0.5, 0.6) is 0 Å². The third-order valence-electron chi connectivity index (χ3n) is 7.47. The van der Waals surface area contributed by atoms with Gasteiger partial charge in [0.05, 0.1) is 0 Å². The number of carbonyl (C=O) groups is 4. The van der Waals surface area contributed by atoms with E-state index in [1.54, 1.807) is 53.0 Å². The Kier molecular flexibility index (Phi) is 16.4. The van der Waals surface area contributed by atoms with Gasteiger partial charge in [-0.15, -0.1) is 0 Å². The number of rotatable bonds is 11.